The van der Waals surface area contributed by atoms with Crippen molar-refractivity contribution in [3.05, 3.63) is 59.7 Å². The van der Waals surface area contributed by atoms with E-state index in [4.69, 9.17) is 5.11 Å². The zero-order chi connectivity index (χ0) is 14.5. The Hall–Kier alpha value is -2.49. The maximum Gasteiger partial charge on any atom is 0.323 e. The molecule has 0 atom stereocenters. The van der Waals surface area contributed by atoms with Crippen molar-refractivity contribution in [3.63, 3.8) is 0 Å². The summed E-state index contributed by atoms with van der Waals surface area (Å²) < 4.78 is 0. The molecule has 0 heterocycles. The van der Waals surface area contributed by atoms with Gasteiger partial charge in [0.05, 0.1) is 0 Å². The van der Waals surface area contributed by atoms with E-state index in [9.17, 15) is 9.90 Å². The van der Waals surface area contributed by atoms with Gasteiger partial charge in [0.25, 0.3) is 0 Å². The highest BCUT2D eigenvalue weighted by Crippen LogP contribution is 2.19. The highest BCUT2D eigenvalue weighted by molar-refractivity contribution is 5.73. The van der Waals surface area contributed by atoms with E-state index in [-0.39, 0.29) is 12.3 Å². The van der Waals surface area contributed by atoms with E-state index >= 15 is 0 Å². The Kier molecular flexibility index (Phi) is 4.25. The van der Waals surface area contributed by atoms with Crippen molar-refractivity contribution in [3.8, 4) is 5.75 Å². The van der Waals surface area contributed by atoms with Gasteiger partial charge in [0, 0.05) is 12.2 Å². The van der Waals surface area contributed by atoms with E-state index < -0.39 is 5.97 Å². The predicted molar refractivity (Wildman–Crippen MR) is 78.0 cm³/mol. The van der Waals surface area contributed by atoms with Crippen LogP contribution in [-0.4, -0.2) is 22.7 Å². The molecule has 0 unspecified atom stereocenters. The van der Waals surface area contributed by atoms with Crippen LogP contribution >= 0.6 is 0 Å². The van der Waals surface area contributed by atoms with Crippen molar-refractivity contribution in [2.45, 2.75) is 13.5 Å². The maximum atomic E-state index is 11.0. The second-order valence-electron chi connectivity index (χ2n) is 4.75. The normalized spacial score (nSPS) is 10.2. The van der Waals surface area contributed by atoms with Gasteiger partial charge in [0.1, 0.15) is 12.3 Å². The lowest BCUT2D eigenvalue weighted by molar-refractivity contribution is -0.135. The summed E-state index contributed by atoms with van der Waals surface area (Å²) in [6.07, 6.45) is 0. The number of carboxylic acid groups (broad SMARTS) is 1. The highest BCUT2D eigenvalue weighted by atomic mass is 16.4. The first-order chi connectivity index (χ1) is 9.54. The molecule has 104 valence electrons. The number of carbonyl (C=O) groups is 1. The molecule has 0 saturated heterocycles. The smallest absolute Gasteiger partial charge is 0.323 e. The average molecular weight is 271 g/mol. The summed E-state index contributed by atoms with van der Waals surface area (Å²) in [5, 5.41) is 18.3. The molecular formula is C16H17NO3. The van der Waals surface area contributed by atoms with E-state index in [0.717, 1.165) is 16.8 Å². The zero-order valence-electron chi connectivity index (χ0n) is 11.3. The number of nitrogens with zero attached hydrogens (tertiary/aromatic N) is 1. The fourth-order valence-corrected chi connectivity index (χ4v) is 1.98. The van der Waals surface area contributed by atoms with Gasteiger partial charge in [-0.3, -0.25) is 4.79 Å². The molecule has 0 aliphatic carbocycles. The van der Waals surface area contributed by atoms with Crippen molar-refractivity contribution >= 4 is 11.7 Å². The lowest BCUT2D eigenvalue weighted by Crippen LogP contribution is -2.29. The summed E-state index contributed by atoms with van der Waals surface area (Å²) in [5.41, 5.74) is 2.95. The summed E-state index contributed by atoms with van der Waals surface area (Å²) in [7, 11) is 0. The van der Waals surface area contributed by atoms with Gasteiger partial charge in [-0.1, -0.05) is 29.8 Å². The molecule has 0 aromatic heterocycles. The van der Waals surface area contributed by atoms with Crippen LogP contribution in [0.15, 0.2) is 48.5 Å². The number of hydrogen-bond donors (Lipinski definition) is 2. The van der Waals surface area contributed by atoms with Gasteiger partial charge < -0.3 is 15.1 Å². The van der Waals surface area contributed by atoms with E-state index in [1.165, 1.54) is 0 Å². The van der Waals surface area contributed by atoms with Crippen molar-refractivity contribution in [1.82, 2.24) is 0 Å². The Balaban J connectivity index is 2.21. The lowest BCUT2D eigenvalue weighted by atomic mass is 10.1. The van der Waals surface area contributed by atoms with Crippen LogP contribution in [0.25, 0.3) is 0 Å². The SMILES string of the molecule is Cc1ccc(N(CC(=O)O)Cc2ccc(O)cc2)cc1. The third kappa shape index (κ3) is 3.75. The average Bonchev–Trinajstić information content (AvgIpc) is 2.41. The number of rotatable bonds is 5. The Labute approximate surface area is 117 Å². The minimum Gasteiger partial charge on any atom is -0.508 e. The molecule has 0 aliphatic heterocycles. The molecule has 2 aromatic rings. The standard InChI is InChI=1S/C16H17NO3/c1-12-2-6-14(7-3-12)17(11-16(19)20)10-13-4-8-15(18)9-5-13/h2-9,18H,10-11H2,1H3,(H,19,20). The Morgan fingerprint density at radius 2 is 1.65 bits per heavy atom. The van der Waals surface area contributed by atoms with Crippen LogP contribution in [0.4, 0.5) is 5.69 Å². The highest BCUT2D eigenvalue weighted by Gasteiger charge is 2.11. The number of aliphatic carboxylic acids is 1. The molecule has 4 nitrogen and oxygen atoms in total. The Morgan fingerprint density at radius 1 is 1.05 bits per heavy atom. The van der Waals surface area contributed by atoms with Crippen molar-refractivity contribution < 1.29 is 15.0 Å². The second-order valence-corrected chi connectivity index (χ2v) is 4.75. The first-order valence-electron chi connectivity index (χ1n) is 6.36. The number of anilines is 1. The summed E-state index contributed by atoms with van der Waals surface area (Å²) in [6.45, 7) is 2.41. The third-order valence-electron chi connectivity index (χ3n) is 3.04. The minimum absolute atomic E-state index is 0.0655. The zero-order valence-corrected chi connectivity index (χ0v) is 11.3. The van der Waals surface area contributed by atoms with Crippen LogP contribution in [0.1, 0.15) is 11.1 Å². The number of phenolic OH excluding ortho intramolecular Hbond substituents is 1. The molecule has 0 amide bonds. The van der Waals surface area contributed by atoms with Gasteiger partial charge in [0.2, 0.25) is 0 Å². The quantitative estimate of drug-likeness (QED) is 0.878. The van der Waals surface area contributed by atoms with Gasteiger partial charge >= 0.3 is 5.97 Å². The Bertz CT molecular complexity index is 576. The van der Waals surface area contributed by atoms with E-state index in [2.05, 4.69) is 0 Å². The van der Waals surface area contributed by atoms with Gasteiger partial charge in [-0.25, -0.2) is 0 Å². The number of phenols is 1. The fraction of sp³-hybridized carbons (Fsp3) is 0.188. The summed E-state index contributed by atoms with van der Waals surface area (Å²) in [4.78, 5) is 12.8. The molecule has 0 spiro atoms. The molecule has 20 heavy (non-hydrogen) atoms. The van der Waals surface area contributed by atoms with Gasteiger partial charge in [0.15, 0.2) is 0 Å². The van der Waals surface area contributed by atoms with Crippen LogP contribution in [0.5, 0.6) is 5.75 Å². The number of benzene rings is 2. The first-order valence-corrected chi connectivity index (χ1v) is 6.36. The second kappa shape index (κ2) is 6.10. The van der Waals surface area contributed by atoms with E-state index in [1.54, 1.807) is 29.2 Å². The van der Waals surface area contributed by atoms with Crippen LogP contribution in [0.2, 0.25) is 0 Å². The van der Waals surface area contributed by atoms with Crippen LogP contribution in [0.3, 0.4) is 0 Å². The minimum atomic E-state index is -0.871. The van der Waals surface area contributed by atoms with Crippen LogP contribution in [0, 0.1) is 6.92 Å². The molecule has 0 fully saturated rings. The largest absolute Gasteiger partial charge is 0.508 e. The molecular weight excluding hydrogens is 254 g/mol. The maximum absolute atomic E-state index is 11.0. The lowest BCUT2D eigenvalue weighted by Gasteiger charge is -2.23. The number of hydrogen-bond acceptors (Lipinski definition) is 3. The molecule has 2 aromatic carbocycles. The van der Waals surface area contributed by atoms with Crippen molar-refractivity contribution in [2.24, 2.45) is 0 Å². The molecule has 0 radical (unpaired) electrons. The number of carboxylic acids is 1. The van der Waals surface area contributed by atoms with Gasteiger partial charge in [-0.05, 0) is 36.8 Å². The molecule has 2 rings (SSSR count). The molecule has 0 saturated carbocycles. The third-order valence-corrected chi connectivity index (χ3v) is 3.04. The summed E-state index contributed by atoms with van der Waals surface area (Å²) >= 11 is 0. The monoisotopic (exact) mass is 271 g/mol. The molecule has 0 aliphatic rings. The molecule has 0 bridgehead atoms. The van der Waals surface area contributed by atoms with Crippen molar-refractivity contribution in [2.75, 3.05) is 11.4 Å². The molecule has 2 N–H and O–H groups in total. The summed E-state index contributed by atoms with van der Waals surface area (Å²) in [5.74, 6) is -0.668. The van der Waals surface area contributed by atoms with Gasteiger partial charge in [-0.2, -0.15) is 0 Å². The Morgan fingerprint density at radius 3 is 2.20 bits per heavy atom. The van der Waals surface area contributed by atoms with Gasteiger partial charge in [-0.15, -0.1) is 0 Å². The summed E-state index contributed by atoms with van der Waals surface area (Å²) in [6, 6.07) is 14.5. The van der Waals surface area contributed by atoms with E-state index in [0.29, 0.717) is 6.54 Å². The van der Waals surface area contributed by atoms with Crippen LogP contribution < -0.4 is 4.90 Å². The number of aromatic hydroxyl groups is 1. The van der Waals surface area contributed by atoms with Crippen LogP contribution in [-0.2, 0) is 11.3 Å². The fourth-order valence-electron chi connectivity index (χ4n) is 1.98. The van der Waals surface area contributed by atoms with E-state index in [1.807, 2.05) is 31.2 Å². The molecule has 4 heteroatoms. The topological polar surface area (TPSA) is 60.8 Å². The van der Waals surface area contributed by atoms with Crippen molar-refractivity contribution in [1.29, 1.82) is 0 Å². The first kappa shape index (κ1) is 13.9. The number of aryl methyl sites for hydroxylation is 1. The predicted octanol–water partition coefficient (Wildman–Crippen LogP) is 2.79.